The molecule has 0 aliphatic rings. The van der Waals surface area contributed by atoms with E-state index in [0.717, 1.165) is 0 Å². The lowest BCUT2D eigenvalue weighted by atomic mass is 10.3. The summed E-state index contributed by atoms with van der Waals surface area (Å²) in [5.74, 6) is -0.809. The minimum absolute atomic E-state index is 0.0471. The molecule has 0 aliphatic carbocycles. The van der Waals surface area contributed by atoms with Gasteiger partial charge in [0, 0.05) is 15.2 Å². The van der Waals surface area contributed by atoms with Gasteiger partial charge in [-0.3, -0.25) is 4.98 Å². The number of fused-ring (bicyclic) bond motifs is 1. The number of halogens is 3. The van der Waals surface area contributed by atoms with E-state index in [-0.39, 0.29) is 25.5 Å². The summed E-state index contributed by atoms with van der Waals surface area (Å²) in [5.41, 5.74) is -0.103. The Morgan fingerprint density at radius 1 is 1.44 bits per heavy atom. The van der Waals surface area contributed by atoms with E-state index in [1.54, 1.807) is 0 Å². The molecule has 86 valence electrons. The van der Waals surface area contributed by atoms with E-state index < -0.39 is 14.8 Å². The van der Waals surface area contributed by atoms with Gasteiger partial charge in [0.2, 0.25) is 0 Å². The number of benzene rings is 1. The third kappa shape index (κ3) is 1.88. The zero-order valence-electron chi connectivity index (χ0n) is 7.25. The molecule has 0 spiro atoms. The number of aromatic nitrogens is 1. The molecule has 1 aromatic heterocycles. The summed E-state index contributed by atoms with van der Waals surface area (Å²) in [4.78, 5) is 12.9. The second-order valence-corrected chi connectivity index (χ2v) is 6.59. The van der Waals surface area contributed by atoms with Crippen LogP contribution in [0.5, 0.6) is 0 Å². The molecule has 0 radical (unpaired) electrons. The van der Waals surface area contributed by atoms with Gasteiger partial charge in [-0.2, -0.15) is 0 Å². The number of nitrogens with one attached hydrogen (secondary N) is 1. The Hall–Kier alpha value is -0.500. The maximum absolute atomic E-state index is 11.3. The van der Waals surface area contributed by atoms with E-state index in [4.69, 9.17) is 26.7 Å². The Bertz CT molecular complexity index is 733. The van der Waals surface area contributed by atoms with E-state index in [1.807, 2.05) is 0 Å². The van der Waals surface area contributed by atoms with Crippen molar-refractivity contribution < 1.29 is 12.8 Å². The molecule has 16 heavy (non-hydrogen) atoms. The third-order valence-corrected chi connectivity index (χ3v) is 4.35. The van der Waals surface area contributed by atoms with E-state index in [2.05, 4.69) is 20.9 Å². The molecule has 1 N–H and O–H groups in total. The van der Waals surface area contributed by atoms with Crippen molar-refractivity contribution >= 4 is 58.4 Å². The Balaban J connectivity index is 3.10. The number of hydrogen-bond acceptors (Lipinski definition) is 4. The lowest BCUT2D eigenvalue weighted by molar-refractivity contribution is 0.555. The zero-order chi connectivity index (χ0) is 12.1. The SMILES string of the molecule is O=c1[nH]c2c(S(=O)(=O)Cl)c(Br)cc(Cl)c2o1. The second kappa shape index (κ2) is 3.76. The van der Waals surface area contributed by atoms with Gasteiger partial charge in [0.15, 0.2) is 5.58 Å². The molecule has 0 aliphatic heterocycles. The van der Waals surface area contributed by atoms with Crippen molar-refractivity contribution in [3.63, 3.8) is 0 Å². The first kappa shape index (κ1) is 12.0. The van der Waals surface area contributed by atoms with Crippen LogP contribution in [0, 0.1) is 0 Å². The molecule has 2 aromatic rings. The minimum atomic E-state index is -4.03. The van der Waals surface area contributed by atoms with E-state index in [1.165, 1.54) is 6.07 Å². The molecule has 0 saturated carbocycles. The molecule has 1 heterocycles. The summed E-state index contributed by atoms with van der Waals surface area (Å²) in [6.07, 6.45) is 0. The first-order chi connectivity index (χ1) is 7.30. The fourth-order valence-electron chi connectivity index (χ4n) is 1.26. The van der Waals surface area contributed by atoms with Gasteiger partial charge in [0.1, 0.15) is 10.4 Å². The van der Waals surface area contributed by atoms with Crippen molar-refractivity contribution in [2.75, 3.05) is 0 Å². The van der Waals surface area contributed by atoms with Gasteiger partial charge in [0.25, 0.3) is 9.05 Å². The van der Waals surface area contributed by atoms with Gasteiger partial charge in [-0.15, -0.1) is 0 Å². The summed E-state index contributed by atoms with van der Waals surface area (Å²) < 4.78 is 27.5. The van der Waals surface area contributed by atoms with E-state index in [0.29, 0.717) is 0 Å². The summed E-state index contributed by atoms with van der Waals surface area (Å²) in [6, 6.07) is 1.29. The molecular weight excluding hydrogens is 345 g/mol. The monoisotopic (exact) mass is 345 g/mol. The van der Waals surface area contributed by atoms with Crippen LogP contribution in [0.3, 0.4) is 0 Å². The van der Waals surface area contributed by atoms with Crippen LogP contribution < -0.4 is 5.76 Å². The molecule has 1 aromatic carbocycles. The van der Waals surface area contributed by atoms with Gasteiger partial charge in [-0.25, -0.2) is 13.2 Å². The van der Waals surface area contributed by atoms with Crippen LogP contribution in [0.15, 0.2) is 24.6 Å². The average molecular weight is 347 g/mol. The van der Waals surface area contributed by atoms with Crippen molar-refractivity contribution in [2.24, 2.45) is 0 Å². The average Bonchev–Trinajstić information content (AvgIpc) is 2.43. The van der Waals surface area contributed by atoms with Crippen LogP contribution >= 0.6 is 38.2 Å². The van der Waals surface area contributed by atoms with Crippen molar-refractivity contribution in [3.8, 4) is 0 Å². The molecule has 0 fully saturated rings. The normalized spacial score (nSPS) is 12.2. The van der Waals surface area contributed by atoms with Crippen molar-refractivity contribution in [3.05, 3.63) is 26.1 Å². The number of hydrogen-bond donors (Lipinski definition) is 1. The Morgan fingerprint density at radius 2 is 2.06 bits per heavy atom. The lowest BCUT2D eigenvalue weighted by Gasteiger charge is -2.01. The number of rotatable bonds is 1. The van der Waals surface area contributed by atoms with Crippen molar-refractivity contribution in [2.45, 2.75) is 4.90 Å². The van der Waals surface area contributed by atoms with Gasteiger partial charge < -0.3 is 4.42 Å². The Kier molecular flexibility index (Phi) is 2.82. The predicted molar refractivity (Wildman–Crippen MR) is 62.6 cm³/mol. The van der Waals surface area contributed by atoms with Crippen molar-refractivity contribution in [1.82, 2.24) is 4.98 Å². The lowest BCUT2D eigenvalue weighted by Crippen LogP contribution is -1.97. The number of oxazole rings is 1. The van der Waals surface area contributed by atoms with Crippen LogP contribution in [0.4, 0.5) is 0 Å². The molecule has 5 nitrogen and oxygen atoms in total. The third-order valence-electron chi connectivity index (χ3n) is 1.81. The first-order valence-electron chi connectivity index (χ1n) is 3.76. The van der Waals surface area contributed by atoms with Crippen LogP contribution in [-0.4, -0.2) is 13.4 Å². The number of aromatic amines is 1. The molecule has 0 saturated heterocycles. The van der Waals surface area contributed by atoms with Gasteiger partial charge >= 0.3 is 5.76 Å². The van der Waals surface area contributed by atoms with Crippen LogP contribution in [0.1, 0.15) is 0 Å². The molecule has 9 heteroatoms. The number of H-pyrrole nitrogens is 1. The Morgan fingerprint density at radius 3 is 2.62 bits per heavy atom. The smallest absolute Gasteiger partial charge is 0.406 e. The maximum Gasteiger partial charge on any atom is 0.417 e. The predicted octanol–water partition coefficient (Wildman–Crippen LogP) is 2.46. The highest BCUT2D eigenvalue weighted by molar-refractivity contribution is 9.10. The van der Waals surface area contributed by atoms with Gasteiger partial charge in [0.05, 0.1) is 5.02 Å². The summed E-state index contributed by atoms with van der Waals surface area (Å²) >= 11 is 8.78. The largest absolute Gasteiger partial charge is 0.417 e. The molecule has 0 bridgehead atoms. The summed E-state index contributed by atoms with van der Waals surface area (Å²) in [5, 5.41) is 0.101. The summed E-state index contributed by atoms with van der Waals surface area (Å²) in [6.45, 7) is 0. The van der Waals surface area contributed by atoms with Gasteiger partial charge in [-0.05, 0) is 22.0 Å². The molecule has 2 rings (SSSR count). The first-order valence-corrected chi connectivity index (χ1v) is 7.24. The maximum atomic E-state index is 11.3. The second-order valence-electron chi connectivity index (χ2n) is 2.83. The molecule has 0 unspecified atom stereocenters. The standard InChI is InChI=1S/C7H2BrCl2NO4S/c8-2-1-3(9)5-4(11-7(12)15-5)6(2)16(10,13)14/h1H,(H,11,12). The zero-order valence-corrected chi connectivity index (χ0v) is 11.2. The molecular formula is C7H2BrCl2NO4S. The fourth-order valence-corrected chi connectivity index (χ4v) is 4.14. The summed E-state index contributed by atoms with van der Waals surface area (Å²) in [7, 11) is 1.21. The van der Waals surface area contributed by atoms with Crippen LogP contribution in [0.25, 0.3) is 11.1 Å². The fraction of sp³-hybridized carbons (Fsp3) is 0. The quantitative estimate of drug-likeness (QED) is 0.804. The minimum Gasteiger partial charge on any atom is -0.406 e. The van der Waals surface area contributed by atoms with Crippen LogP contribution in [-0.2, 0) is 9.05 Å². The highest BCUT2D eigenvalue weighted by atomic mass is 79.9. The highest BCUT2D eigenvalue weighted by Gasteiger charge is 2.23. The van der Waals surface area contributed by atoms with E-state index >= 15 is 0 Å². The van der Waals surface area contributed by atoms with E-state index in [9.17, 15) is 13.2 Å². The van der Waals surface area contributed by atoms with Crippen molar-refractivity contribution in [1.29, 1.82) is 0 Å². The molecule has 0 amide bonds. The highest BCUT2D eigenvalue weighted by Crippen LogP contribution is 2.35. The van der Waals surface area contributed by atoms with Crippen LogP contribution in [0.2, 0.25) is 5.02 Å². The topological polar surface area (TPSA) is 80.1 Å². The molecule has 0 atom stereocenters. The van der Waals surface area contributed by atoms with Gasteiger partial charge in [-0.1, -0.05) is 11.6 Å². The Labute approximate surface area is 107 Å².